The van der Waals surface area contributed by atoms with Crippen LogP contribution >= 0.6 is 12.4 Å². The highest BCUT2D eigenvalue weighted by Gasteiger charge is 2.11. The van der Waals surface area contributed by atoms with E-state index in [1.807, 2.05) is 49.3 Å². The van der Waals surface area contributed by atoms with E-state index in [4.69, 9.17) is 10.5 Å². The molecule has 4 nitrogen and oxygen atoms in total. The zero-order valence-corrected chi connectivity index (χ0v) is 11.7. The van der Waals surface area contributed by atoms with Crippen LogP contribution in [0.2, 0.25) is 0 Å². The van der Waals surface area contributed by atoms with E-state index in [-0.39, 0.29) is 30.8 Å². The van der Waals surface area contributed by atoms with E-state index in [0.717, 1.165) is 5.56 Å². The largest absolute Gasteiger partial charge is 0.461 e. The first-order chi connectivity index (χ1) is 8.08. The van der Waals surface area contributed by atoms with Gasteiger partial charge in [0.05, 0.1) is 6.42 Å². The van der Waals surface area contributed by atoms with Gasteiger partial charge in [0.1, 0.15) is 6.61 Å². The molecule has 0 aliphatic heterocycles. The molecule has 1 rings (SSSR count). The number of carbonyl (C=O) groups is 1. The summed E-state index contributed by atoms with van der Waals surface area (Å²) < 4.78 is 5.14. The van der Waals surface area contributed by atoms with Crippen molar-refractivity contribution in [2.45, 2.75) is 19.1 Å². The van der Waals surface area contributed by atoms with E-state index < -0.39 is 0 Å². The van der Waals surface area contributed by atoms with E-state index >= 15 is 0 Å². The van der Waals surface area contributed by atoms with E-state index in [0.29, 0.717) is 13.2 Å². The lowest BCUT2D eigenvalue weighted by molar-refractivity contribution is -0.145. The Morgan fingerprint density at radius 3 is 2.50 bits per heavy atom. The minimum Gasteiger partial charge on any atom is -0.461 e. The van der Waals surface area contributed by atoms with Crippen molar-refractivity contribution in [2.75, 3.05) is 20.6 Å². The van der Waals surface area contributed by atoms with E-state index in [1.54, 1.807) is 0 Å². The van der Waals surface area contributed by atoms with Gasteiger partial charge in [-0.15, -0.1) is 12.4 Å². The van der Waals surface area contributed by atoms with Gasteiger partial charge >= 0.3 is 5.97 Å². The quantitative estimate of drug-likeness (QED) is 0.796. The molecule has 0 unspecified atom stereocenters. The molecule has 0 bridgehead atoms. The first-order valence-electron chi connectivity index (χ1n) is 5.68. The number of benzene rings is 1. The van der Waals surface area contributed by atoms with Crippen molar-refractivity contribution in [3.8, 4) is 0 Å². The molecular weight excluding hydrogens is 252 g/mol. The predicted molar refractivity (Wildman–Crippen MR) is 74.6 cm³/mol. The molecule has 0 aromatic heterocycles. The zero-order chi connectivity index (χ0) is 12.7. The summed E-state index contributed by atoms with van der Waals surface area (Å²) in [5.41, 5.74) is 6.79. The average molecular weight is 273 g/mol. The smallest absolute Gasteiger partial charge is 0.307 e. The minimum absolute atomic E-state index is 0. The molecule has 0 heterocycles. The molecular formula is C13H21ClN2O2. The maximum atomic E-state index is 11.5. The highest BCUT2D eigenvalue weighted by Crippen LogP contribution is 2.02. The normalized spacial score (nSPS) is 11.8. The van der Waals surface area contributed by atoms with E-state index in [9.17, 15) is 4.79 Å². The third-order valence-electron chi connectivity index (χ3n) is 2.27. The summed E-state index contributed by atoms with van der Waals surface area (Å²) in [4.78, 5) is 13.4. The summed E-state index contributed by atoms with van der Waals surface area (Å²) >= 11 is 0. The van der Waals surface area contributed by atoms with Gasteiger partial charge in [-0.1, -0.05) is 30.3 Å². The SMILES string of the molecule is CN(C)C[C@H](N)CC(=O)OCc1ccccc1.Cl. The molecule has 102 valence electrons. The molecule has 0 saturated heterocycles. The number of nitrogens with zero attached hydrogens (tertiary/aromatic N) is 1. The number of hydrogen-bond acceptors (Lipinski definition) is 4. The molecule has 2 N–H and O–H groups in total. The van der Waals surface area contributed by atoms with Crippen LogP contribution in [-0.2, 0) is 16.1 Å². The van der Waals surface area contributed by atoms with Gasteiger partial charge in [0.15, 0.2) is 0 Å². The van der Waals surface area contributed by atoms with Crippen LogP contribution in [0.5, 0.6) is 0 Å². The molecule has 0 radical (unpaired) electrons. The summed E-state index contributed by atoms with van der Waals surface area (Å²) in [6, 6.07) is 9.44. The molecule has 1 aromatic carbocycles. The Bertz CT molecular complexity index is 344. The Morgan fingerprint density at radius 1 is 1.33 bits per heavy atom. The fraction of sp³-hybridized carbons (Fsp3) is 0.462. The van der Waals surface area contributed by atoms with Gasteiger partial charge < -0.3 is 15.4 Å². The molecule has 1 atom stereocenters. The molecule has 1 aromatic rings. The molecule has 5 heteroatoms. The Labute approximate surface area is 115 Å². The topological polar surface area (TPSA) is 55.6 Å². The number of ether oxygens (including phenoxy) is 1. The maximum absolute atomic E-state index is 11.5. The van der Waals surface area contributed by atoms with Crippen LogP contribution in [0, 0.1) is 0 Å². The third-order valence-corrected chi connectivity index (χ3v) is 2.27. The summed E-state index contributed by atoms with van der Waals surface area (Å²) in [6.45, 7) is 0.995. The van der Waals surface area contributed by atoms with E-state index in [1.165, 1.54) is 0 Å². The van der Waals surface area contributed by atoms with Crippen LogP contribution in [-0.4, -0.2) is 37.6 Å². The molecule has 0 amide bonds. The van der Waals surface area contributed by atoms with Gasteiger partial charge in [-0.3, -0.25) is 4.79 Å². The van der Waals surface area contributed by atoms with Crippen LogP contribution in [0.3, 0.4) is 0 Å². The van der Waals surface area contributed by atoms with Gasteiger partial charge in [-0.2, -0.15) is 0 Å². The summed E-state index contributed by atoms with van der Waals surface area (Å²) in [7, 11) is 3.85. The first kappa shape index (κ1) is 16.9. The molecule has 18 heavy (non-hydrogen) atoms. The van der Waals surface area contributed by atoms with Crippen LogP contribution in [0.4, 0.5) is 0 Å². The molecule has 0 saturated carbocycles. The first-order valence-corrected chi connectivity index (χ1v) is 5.68. The number of esters is 1. The van der Waals surface area contributed by atoms with Crippen molar-refractivity contribution in [2.24, 2.45) is 5.73 Å². The van der Waals surface area contributed by atoms with Gasteiger partial charge in [0.25, 0.3) is 0 Å². The van der Waals surface area contributed by atoms with Crippen molar-refractivity contribution in [1.82, 2.24) is 4.90 Å². The van der Waals surface area contributed by atoms with Crippen molar-refractivity contribution < 1.29 is 9.53 Å². The van der Waals surface area contributed by atoms with E-state index in [2.05, 4.69) is 0 Å². The van der Waals surface area contributed by atoms with Crippen LogP contribution in [0.25, 0.3) is 0 Å². The maximum Gasteiger partial charge on any atom is 0.307 e. The predicted octanol–water partition coefficient (Wildman–Crippen LogP) is 1.43. The lowest BCUT2D eigenvalue weighted by atomic mass is 10.2. The monoisotopic (exact) mass is 272 g/mol. The number of nitrogens with two attached hydrogens (primary N) is 1. The molecule has 0 aliphatic rings. The highest BCUT2D eigenvalue weighted by atomic mass is 35.5. The fourth-order valence-corrected chi connectivity index (χ4v) is 1.54. The van der Waals surface area contributed by atoms with Crippen molar-refractivity contribution in [3.05, 3.63) is 35.9 Å². The second-order valence-electron chi connectivity index (χ2n) is 4.37. The summed E-state index contributed by atoms with van der Waals surface area (Å²) in [5.74, 6) is -0.247. The van der Waals surface area contributed by atoms with Gasteiger partial charge in [-0.05, 0) is 19.7 Å². The fourth-order valence-electron chi connectivity index (χ4n) is 1.54. The second-order valence-corrected chi connectivity index (χ2v) is 4.37. The highest BCUT2D eigenvalue weighted by molar-refractivity contribution is 5.85. The Morgan fingerprint density at radius 2 is 1.94 bits per heavy atom. The number of hydrogen-bond donors (Lipinski definition) is 1. The Balaban J connectivity index is 0.00000289. The number of carbonyl (C=O) groups excluding carboxylic acids is 1. The van der Waals surface area contributed by atoms with Gasteiger partial charge in [0.2, 0.25) is 0 Å². The Kier molecular flexibility index (Phi) is 8.37. The lowest BCUT2D eigenvalue weighted by Gasteiger charge is -2.16. The van der Waals surface area contributed by atoms with Crippen LogP contribution in [0.1, 0.15) is 12.0 Å². The average Bonchev–Trinajstić information content (AvgIpc) is 2.26. The number of rotatable bonds is 6. The zero-order valence-electron chi connectivity index (χ0n) is 10.8. The standard InChI is InChI=1S/C13H20N2O2.ClH/c1-15(2)9-12(14)8-13(16)17-10-11-6-4-3-5-7-11;/h3-7,12H,8-10,14H2,1-2H3;1H/t12-;/m1./s1. The van der Waals surface area contributed by atoms with Crippen molar-refractivity contribution in [1.29, 1.82) is 0 Å². The Hall–Kier alpha value is -1.10. The van der Waals surface area contributed by atoms with Crippen molar-refractivity contribution >= 4 is 18.4 Å². The van der Waals surface area contributed by atoms with Gasteiger partial charge in [0, 0.05) is 12.6 Å². The summed E-state index contributed by atoms with van der Waals surface area (Å²) in [6.07, 6.45) is 0.255. The molecule has 0 fully saturated rings. The van der Waals surface area contributed by atoms with Crippen LogP contribution < -0.4 is 5.73 Å². The number of likely N-dealkylation sites (N-methyl/N-ethyl adjacent to an activating group) is 1. The third kappa shape index (κ3) is 7.27. The molecule has 0 spiro atoms. The summed E-state index contributed by atoms with van der Waals surface area (Å²) in [5, 5.41) is 0. The van der Waals surface area contributed by atoms with Crippen LogP contribution in [0.15, 0.2) is 30.3 Å². The van der Waals surface area contributed by atoms with Crippen molar-refractivity contribution in [3.63, 3.8) is 0 Å². The molecule has 0 aliphatic carbocycles. The van der Waals surface area contributed by atoms with Gasteiger partial charge in [-0.25, -0.2) is 0 Å². The number of halogens is 1. The minimum atomic E-state index is -0.247. The second kappa shape index (κ2) is 8.91. The lowest BCUT2D eigenvalue weighted by Crippen LogP contribution is -2.35.